The van der Waals surface area contributed by atoms with Gasteiger partial charge in [0.2, 0.25) is 0 Å². The van der Waals surface area contributed by atoms with Crippen LogP contribution in [-0.2, 0) is 4.74 Å². The van der Waals surface area contributed by atoms with Crippen molar-refractivity contribution in [3.8, 4) is 0 Å². The van der Waals surface area contributed by atoms with Gasteiger partial charge >= 0.3 is 5.97 Å². The maximum absolute atomic E-state index is 13.5. The number of nitrogens with one attached hydrogen (secondary N) is 1. The maximum Gasteiger partial charge on any atom is 0.356 e. The Bertz CT molecular complexity index is 795. The van der Waals surface area contributed by atoms with E-state index in [1.165, 1.54) is 37.6 Å². The van der Waals surface area contributed by atoms with Gasteiger partial charge in [-0.05, 0) is 36.2 Å². The van der Waals surface area contributed by atoms with Crippen molar-refractivity contribution < 1.29 is 18.7 Å². The highest BCUT2D eigenvalue weighted by Gasteiger charge is 2.39. The summed E-state index contributed by atoms with van der Waals surface area (Å²) >= 11 is 5.67. The van der Waals surface area contributed by atoms with Gasteiger partial charge in [-0.15, -0.1) is 0 Å². The first-order valence-corrected chi connectivity index (χ1v) is 7.67. The van der Waals surface area contributed by atoms with Crippen LogP contribution in [0.3, 0.4) is 0 Å². The molecule has 0 saturated heterocycles. The summed E-state index contributed by atoms with van der Waals surface area (Å²) in [4.78, 5) is 27.4. The van der Waals surface area contributed by atoms with E-state index in [4.69, 9.17) is 11.6 Å². The molecule has 0 aliphatic heterocycles. The van der Waals surface area contributed by atoms with Crippen LogP contribution >= 0.6 is 11.6 Å². The second kappa shape index (κ2) is 6.57. The van der Waals surface area contributed by atoms with Crippen LogP contribution in [0.1, 0.15) is 38.7 Å². The van der Waals surface area contributed by atoms with Gasteiger partial charge in [-0.1, -0.05) is 17.7 Å². The fourth-order valence-corrected chi connectivity index (χ4v) is 2.59. The zero-order valence-corrected chi connectivity index (χ0v) is 13.5. The minimum Gasteiger partial charge on any atom is -0.464 e. The molecule has 7 heteroatoms. The van der Waals surface area contributed by atoms with E-state index in [0.717, 1.165) is 12.0 Å². The quantitative estimate of drug-likeness (QED) is 0.863. The SMILES string of the molecule is COC(=O)c1ccc(C(=O)N[C@@H]2C[C@H]2c2ccc(Cl)c(F)c2)cn1. The number of benzene rings is 1. The van der Waals surface area contributed by atoms with E-state index in [-0.39, 0.29) is 28.6 Å². The smallest absolute Gasteiger partial charge is 0.356 e. The Morgan fingerprint density at radius 3 is 2.75 bits per heavy atom. The fraction of sp³-hybridized carbons (Fsp3) is 0.235. The number of amides is 1. The minimum absolute atomic E-state index is 0.0571. The summed E-state index contributed by atoms with van der Waals surface area (Å²) in [7, 11) is 1.26. The van der Waals surface area contributed by atoms with Gasteiger partial charge in [0.25, 0.3) is 5.91 Å². The van der Waals surface area contributed by atoms with Crippen LogP contribution in [0.15, 0.2) is 36.5 Å². The largest absolute Gasteiger partial charge is 0.464 e. The molecule has 1 fully saturated rings. The fourth-order valence-electron chi connectivity index (χ4n) is 2.47. The van der Waals surface area contributed by atoms with Crippen LogP contribution in [-0.4, -0.2) is 30.0 Å². The molecule has 0 bridgehead atoms. The zero-order valence-electron chi connectivity index (χ0n) is 12.8. The lowest BCUT2D eigenvalue weighted by Crippen LogP contribution is -2.26. The molecule has 1 heterocycles. The molecular weight excluding hydrogens is 335 g/mol. The van der Waals surface area contributed by atoms with E-state index < -0.39 is 11.8 Å². The molecule has 124 valence electrons. The molecule has 3 rings (SSSR count). The Labute approximate surface area is 142 Å². The number of carbonyl (C=O) groups excluding carboxylic acids is 2. The molecule has 1 aromatic heterocycles. The molecule has 0 unspecified atom stereocenters. The van der Waals surface area contributed by atoms with Crippen LogP contribution in [0.5, 0.6) is 0 Å². The van der Waals surface area contributed by atoms with Crippen molar-refractivity contribution in [1.82, 2.24) is 10.3 Å². The van der Waals surface area contributed by atoms with Crippen LogP contribution in [0.25, 0.3) is 0 Å². The summed E-state index contributed by atoms with van der Waals surface area (Å²) in [6.07, 6.45) is 2.06. The van der Waals surface area contributed by atoms with Crippen molar-refractivity contribution in [1.29, 1.82) is 0 Å². The van der Waals surface area contributed by atoms with Crippen LogP contribution in [0, 0.1) is 5.82 Å². The Kier molecular flexibility index (Phi) is 4.49. The van der Waals surface area contributed by atoms with Gasteiger partial charge in [0.1, 0.15) is 11.5 Å². The zero-order chi connectivity index (χ0) is 17.3. The molecule has 1 N–H and O–H groups in total. The number of esters is 1. The molecule has 0 spiro atoms. The molecule has 5 nitrogen and oxygen atoms in total. The number of halogens is 2. The molecule has 1 aliphatic carbocycles. The maximum atomic E-state index is 13.5. The minimum atomic E-state index is -0.561. The second-order valence-electron chi connectivity index (χ2n) is 5.52. The second-order valence-corrected chi connectivity index (χ2v) is 5.93. The molecule has 1 aromatic carbocycles. The summed E-state index contributed by atoms with van der Waals surface area (Å²) in [5, 5.41) is 2.95. The summed E-state index contributed by atoms with van der Waals surface area (Å²) in [5.74, 6) is -1.24. The first kappa shape index (κ1) is 16.4. The number of ether oxygens (including phenoxy) is 1. The van der Waals surface area contributed by atoms with E-state index in [1.807, 2.05) is 0 Å². The first-order valence-electron chi connectivity index (χ1n) is 7.29. The van der Waals surface area contributed by atoms with Crippen molar-refractivity contribution in [2.24, 2.45) is 0 Å². The monoisotopic (exact) mass is 348 g/mol. The Balaban J connectivity index is 1.62. The number of hydrogen-bond donors (Lipinski definition) is 1. The Morgan fingerprint density at radius 1 is 1.33 bits per heavy atom. The van der Waals surface area contributed by atoms with Gasteiger partial charge in [0.05, 0.1) is 17.7 Å². The van der Waals surface area contributed by atoms with Gasteiger partial charge in [-0.2, -0.15) is 0 Å². The predicted octanol–water partition coefficient (Wildman–Crippen LogP) is 2.95. The number of pyridine rings is 1. The van der Waals surface area contributed by atoms with Crippen LogP contribution in [0.4, 0.5) is 4.39 Å². The van der Waals surface area contributed by atoms with E-state index in [2.05, 4.69) is 15.0 Å². The average Bonchev–Trinajstić information content (AvgIpc) is 3.35. The first-order chi connectivity index (χ1) is 11.5. The molecule has 1 amide bonds. The lowest BCUT2D eigenvalue weighted by Gasteiger charge is -2.06. The molecule has 1 aliphatic rings. The summed E-state index contributed by atoms with van der Waals surface area (Å²) in [6, 6.07) is 7.55. The van der Waals surface area contributed by atoms with E-state index in [0.29, 0.717) is 5.56 Å². The normalized spacial score (nSPS) is 18.8. The highest BCUT2D eigenvalue weighted by atomic mass is 35.5. The number of aromatic nitrogens is 1. The van der Waals surface area contributed by atoms with Gasteiger partial charge in [0.15, 0.2) is 0 Å². The van der Waals surface area contributed by atoms with Gasteiger partial charge < -0.3 is 10.1 Å². The molecule has 24 heavy (non-hydrogen) atoms. The number of rotatable bonds is 4. The van der Waals surface area contributed by atoms with Gasteiger partial charge in [0, 0.05) is 18.2 Å². The molecule has 1 saturated carbocycles. The number of methoxy groups -OCH3 is 1. The van der Waals surface area contributed by atoms with Crippen molar-refractivity contribution in [3.63, 3.8) is 0 Å². The molecular formula is C17H14ClFN2O3. The van der Waals surface area contributed by atoms with Crippen molar-refractivity contribution in [3.05, 3.63) is 64.2 Å². The summed E-state index contributed by atoms with van der Waals surface area (Å²) < 4.78 is 18.0. The predicted molar refractivity (Wildman–Crippen MR) is 85.6 cm³/mol. The van der Waals surface area contributed by atoms with Crippen LogP contribution in [0.2, 0.25) is 5.02 Å². The Hall–Kier alpha value is -2.47. The third kappa shape index (κ3) is 3.38. The topological polar surface area (TPSA) is 68.3 Å². The molecule has 0 radical (unpaired) electrons. The highest BCUT2D eigenvalue weighted by Crippen LogP contribution is 2.41. The van der Waals surface area contributed by atoms with Gasteiger partial charge in [-0.3, -0.25) is 4.79 Å². The van der Waals surface area contributed by atoms with E-state index >= 15 is 0 Å². The average molecular weight is 349 g/mol. The summed E-state index contributed by atoms with van der Waals surface area (Å²) in [6.45, 7) is 0. The van der Waals surface area contributed by atoms with Crippen molar-refractivity contribution in [2.75, 3.05) is 7.11 Å². The van der Waals surface area contributed by atoms with Gasteiger partial charge in [-0.25, -0.2) is 14.2 Å². The standard InChI is InChI=1S/C17H14ClFN2O3/c1-24-17(23)14-5-3-10(8-20-14)16(22)21-15-7-11(15)9-2-4-12(18)13(19)6-9/h2-6,8,11,15H,7H2,1H3,(H,21,22)/t11-,15+/m0/s1. The Morgan fingerprint density at radius 2 is 2.12 bits per heavy atom. The van der Waals surface area contributed by atoms with E-state index in [1.54, 1.807) is 6.07 Å². The van der Waals surface area contributed by atoms with Crippen molar-refractivity contribution >= 4 is 23.5 Å². The summed E-state index contributed by atoms with van der Waals surface area (Å²) in [5.41, 5.74) is 1.28. The van der Waals surface area contributed by atoms with Crippen molar-refractivity contribution in [2.45, 2.75) is 18.4 Å². The van der Waals surface area contributed by atoms with Crippen LogP contribution < -0.4 is 5.32 Å². The lowest BCUT2D eigenvalue weighted by atomic mass is 10.1. The lowest BCUT2D eigenvalue weighted by molar-refractivity contribution is 0.0593. The molecule has 2 atom stereocenters. The third-order valence-electron chi connectivity index (χ3n) is 3.90. The number of hydrogen-bond acceptors (Lipinski definition) is 4. The number of carbonyl (C=O) groups is 2. The molecule has 2 aromatic rings. The van der Waals surface area contributed by atoms with E-state index in [9.17, 15) is 14.0 Å². The highest BCUT2D eigenvalue weighted by molar-refractivity contribution is 6.30. The number of nitrogens with zero attached hydrogens (tertiary/aromatic N) is 1. The third-order valence-corrected chi connectivity index (χ3v) is 4.21.